The zero-order valence-corrected chi connectivity index (χ0v) is 9.92. The predicted octanol–water partition coefficient (Wildman–Crippen LogP) is 2.54. The van der Waals surface area contributed by atoms with Crippen molar-refractivity contribution < 1.29 is 0 Å². The van der Waals surface area contributed by atoms with Crippen LogP contribution >= 0.6 is 0 Å². The molecule has 0 bridgehead atoms. The Kier molecular flexibility index (Phi) is 2.60. The molecule has 0 spiro atoms. The van der Waals surface area contributed by atoms with Gasteiger partial charge in [0.1, 0.15) is 0 Å². The fourth-order valence-electron chi connectivity index (χ4n) is 2.60. The second-order valence-corrected chi connectivity index (χ2v) is 5.17. The molecular formula is C14H20N2. The lowest BCUT2D eigenvalue weighted by atomic mass is 9.97. The third-order valence-corrected chi connectivity index (χ3v) is 3.86. The quantitative estimate of drug-likeness (QED) is 0.811. The zero-order chi connectivity index (χ0) is 11.0. The van der Waals surface area contributed by atoms with Gasteiger partial charge >= 0.3 is 0 Å². The topological polar surface area (TPSA) is 24.1 Å². The van der Waals surface area contributed by atoms with Crippen LogP contribution in [0.25, 0.3) is 0 Å². The molecule has 1 aromatic rings. The molecular weight excluding hydrogens is 196 g/mol. The van der Waals surface area contributed by atoms with E-state index in [2.05, 4.69) is 35.8 Å². The van der Waals surface area contributed by atoms with E-state index >= 15 is 0 Å². The largest absolute Gasteiger partial charge is 0.385 e. The number of rotatable bonds is 3. The minimum absolute atomic E-state index is 0.771. The van der Waals surface area contributed by atoms with Gasteiger partial charge in [-0.25, -0.2) is 0 Å². The van der Waals surface area contributed by atoms with Crippen molar-refractivity contribution in [2.24, 2.45) is 5.92 Å². The summed E-state index contributed by atoms with van der Waals surface area (Å²) in [5, 5.41) is 7.13. The summed E-state index contributed by atoms with van der Waals surface area (Å²) in [6.07, 6.45) is 3.86. The van der Waals surface area contributed by atoms with Crippen LogP contribution in [0.1, 0.15) is 30.9 Å². The summed E-state index contributed by atoms with van der Waals surface area (Å²) >= 11 is 0. The second-order valence-electron chi connectivity index (χ2n) is 5.17. The fourth-order valence-corrected chi connectivity index (χ4v) is 2.60. The van der Waals surface area contributed by atoms with Gasteiger partial charge in [0.25, 0.3) is 0 Å². The van der Waals surface area contributed by atoms with Crippen LogP contribution in [-0.4, -0.2) is 12.6 Å². The molecule has 2 atom stereocenters. The average Bonchev–Trinajstić information content (AvgIpc) is 3.03. The molecule has 3 rings (SSSR count). The first-order valence-electron chi connectivity index (χ1n) is 6.42. The highest BCUT2D eigenvalue weighted by atomic mass is 15.0. The summed E-state index contributed by atoms with van der Waals surface area (Å²) in [6.45, 7) is 4.49. The first-order valence-corrected chi connectivity index (χ1v) is 6.42. The van der Waals surface area contributed by atoms with Gasteiger partial charge in [-0.1, -0.05) is 19.1 Å². The normalized spacial score (nSPS) is 27.1. The van der Waals surface area contributed by atoms with Crippen LogP contribution in [0.4, 0.5) is 5.69 Å². The van der Waals surface area contributed by atoms with Crippen LogP contribution in [0.5, 0.6) is 0 Å². The Morgan fingerprint density at radius 3 is 3.12 bits per heavy atom. The summed E-state index contributed by atoms with van der Waals surface area (Å²) in [7, 11) is 0. The SMILES string of the molecule is CC1CC1NCc1cccc2c1CCCN2. The van der Waals surface area contributed by atoms with Gasteiger partial charge in [-0.3, -0.25) is 0 Å². The highest BCUT2D eigenvalue weighted by Gasteiger charge is 2.31. The van der Waals surface area contributed by atoms with Gasteiger partial charge in [-0.05, 0) is 42.4 Å². The van der Waals surface area contributed by atoms with E-state index < -0.39 is 0 Å². The lowest BCUT2D eigenvalue weighted by molar-refractivity contribution is 0.646. The number of nitrogens with one attached hydrogen (secondary N) is 2. The molecule has 1 fully saturated rings. The molecule has 2 unspecified atom stereocenters. The number of benzene rings is 1. The van der Waals surface area contributed by atoms with E-state index in [0.29, 0.717) is 0 Å². The lowest BCUT2D eigenvalue weighted by Gasteiger charge is -2.21. The van der Waals surface area contributed by atoms with Crippen molar-refractivity contribution in [2.75, 3.05) is 11.9 Å². The number of hydrogen-bond acceptors (Lipinski definition) is 2. The van der Waals surface area contributed by atoms with Crippen LogP contribution in [0, 0.1) is 5.92 Å². The minimum atomic E-state index is 0.771. The summed E-state index contributed by atoms with van der Waals surface area (Å²) < 4.78 is 0. The Morgan fingerprint density at radius 1 is 1.44 bits per heavy atom. The van der Waals surface area contributed by atoms with Crippen LogP contribution in [-0.2, 0) is 13.0 Å². The van der Waals surface area contributed by atoms with Crippen molar-refractivity contribution in [1.82, 2.24) is 5.32 Å². The van der Waals surface area contributed by atoms with E-state index in [0.717, 1.165) is 25.0 Å². The van der Waals surface area contributed by atoms with Crippen LogP contribution in [0.3, 0.4) is 0 Å². The Hall–Kier alpha value is -1.02. The molecule has 2 nitrogen and oxygen atoms in total. The molecule has 0 radical (unpaired) electrons. The molecule has 86 valence electrons. The Balaban J connectivity index is 1.73. The highest BCUT2D eigenvalue weighted by molar-refractivity contribution is 5.56. The zero-order valence-electron chi connectivity index (χ0n) is 9.92. The summed E-state index contributed by atoms with van der Waals surface area (Å²) in [5.74, 6) is 0.887. The lowest BCUT2D eigenvalue weighted by Crippen LogP contribution is -2.20. The third-order valence-electron chi connectivity index (χ3n) is 3.86. The Morgan fingerprint density at radius 2 is 2.31 bits per heavy atom. The summed E-state index contributed by atoms with van der Waals surface area (Å²) in [5.41, 5.74) is 4.38. The van der Waals surface area contributed by atoms with Crippen LogP contribution in [0.2, 0.25) is 0 Å². The van der Waals surface area contributed by atoms with Crippen molar-refractivity contribution in [3.8, 4) is 0 Å². The van der Waals surface area contributed by atoms with E-state index in [1.54, 1.807) is 0 Å². The van der Waals surface area contributed by atoms with Crippen molar-refractivity contribution in [3.05, 3.63) is 29.3 Å². The van der Waals surface area contributed by atoms with Crippen molar-refractivity contribution in [2.45, 2.75) is 38.8 Å². The van der Waals surface area contributed by atoms with Gasteiger partial charge in [0.05, 0.1) is 0 Å². The molecule has 2 N–H and O–H groups in total. The fraction of sp³-hybridized carbons (Fsp3) is 0.571. The average molecular weight is 216 g/mol. The van der Waals surface area contributed by atoms with Crippen molar-refractivity contribution in [1.29, 1.82) is 0 Å². The number of hydrogen-bond donors (Lipinski definition) is 2. The van der Waals surface area contributed by atoms with Crippen molar-refractivity contribution in [3.63, 3.8) is 0 Å². The van der Waals surface area contributed by atoms with Crippen molar-refractivity contribution >= 4 is 5.69 Å². The first kappa shape index (κ1) is 10.2. The highest BCUT2D eigenvalue weighted by Crippen LogP contribution is 2.30. The first-order chi connectivity index (χ1) is 7.84. The molecule has 2 aliphatic rings. The Bertz CT molecular complexity index is 386. The molecule has 1 aliphatic carbocycles. The molecule has 1 heterocycles. The standard InChI is InChI=1S/C14H20N2/c1-10-8-14(10)16-9-11-4-2-6-13-12(11)5-3-7-15-13/h2,4,6,10,14-16H,3,5,7-9H2,1H3. The molecule has 0 aromatic heterocycles. The maximum absolute atomic E-state index is 3.64. The van der Waals surface area contributed by atoms with E-state index in [9.17, 15) is 0 Å². The maximum Gasteiger partial charge on any atom is 0.0375 e. The molecule has 1 saturated carbocycles. The minimum Gasteiger partial charge on any atom is -0.385 e. The van der Waals surface area contributed by atoms with Gasteiger partial charge in [0.15, 0.2) is 0 Å². The van der Waals surface area contributed by atoms with E-state index in [4.69, 9.17) is 0 Å². The van der Waals surface area contributed by atoms with Crippen LogP contribution in [0.15, 0.2) is 18.2 Å². The smallest absolute Gasteiger partial charge is 0.0375 e. The van der Waals surface area contributed by atoms with E-state index in [1.807, 2.05) is 0 Å². The summed E-state index contributed by atoms with van der Waals surface area (Å²) in [6, 6.07) is 7.42. The second kappa shape index (κ2) is 4.10. The van der Waals surface area contributed by atoms with E-state index in [1.165, 1.54) is 36.1 Å². The molecule has 16 heavy (non-hydrogen) atoms. The predicted molar refractivity (Wildman–Crippen MR) is 67.7 cm³/mol. The van der Waals surface area contributed by atoms with Gasteiger partial charge in [-0.2, -0.15) is 0 Å². The summed E-state index contributed by atoms with van der Waals surface area (Å²) in [4.78, 5) is 0. The third kappa shape index (κ3) is 1.94. The maximum atomic E-state index is 3.64. The number of fused-ring (bicyclic) bond motifs is 1. The number of anilines is 1. The monoisotopic (exact) mass is 216 g/mol. The van der Waals surface area contributed by atoms with Crippen LogP contribution < -0.4 is 10.6 Å². The molecule has 0 saturated heterocycles. The van der Waals surface area contributed by atoms with Gasteiger partial charge in [-0.15, -0.1) is 0 Å². The van der Waals surface area contributed by atoms with Gasteiger partial charge in [0.2, 0.25) is 0 Å². The molecule has 0 amide bonds. The van der Waals surface area contributed by atoms with Gasteiger partial charge < -0.3 is 10.6 Å². The van der Waals surface area contributed by atoms with E-state index in [-0.39, 0.29) is 0 Å². The van der Waals surface area contributed by atoms with Gasteiger partial charge in [0, 0.05) is 24.8 Å². The Labute approximate surface area is 97.4 Å². The molecule has 1 aromatic carbocycles. The molecule has 1 aliphatic heterocycles. The molecule has 2 heteroatoms.